The number of rotatable bonds is 5. The van der Waals surface area contributed by atoms with Crippen molar-refractivity contribution < 1.29 is 0 Å². The largest absolute Gasteiger partial charge is 0.354 e. The van der Waals surface area contributed by atoms with Gasteiger partial charge in [-0.1, -0.05) is 0 Å². The molecule has 15 heavy (non-hydrogen) atoms. The summed E-state index contributed by atoms with van der Waals surface area (Å²) in [7, 11) is 2.07. The molecule has 0 spiro atoms. The number of guanidine groups is 1. The van der Waals surface area contributed by atoms with Crippen LogP contribution in [0.15, 0.2) is 4.99 Å². The molecule has 0 unspecified atom stereocenters. The van der Waals surface area contributed by atoms with Crippen LogP contribution < -0.4 is 5.32 Å². The summed E-state index contributed by atoms with van der Waals surface area (Å²) < 4.78 is 0. The van der Waals surface area contributed by atoms with Gasteiger partial charge in [0.1, 0.15) is 0 Å². The van der Waals surface area contributed by atoms with Gasteiger partial charge in [-0.05, 0) is 39.9 Å². The Bertz CT molecular complexity index is 190. The summed E-state index contributed by atoms with van der Waals surface area (Å²) in [5.41, 5.74) is 0. The van der Waals surface area contributed by atoms with Crippen LogP contribution in [0.2, 0.25) is 0 Å². The molecule has 0 amide bonds. The summed E-state index contributed by atoms with van der Waals surface area (Å²) in [6.45, 7) is 9.43. The van der Waals surface area contributed by atoms with Crippen molar-refractivity contribution in [3.63, 3.8) is 0 Å². The first kappa shape index (κ1) is 14.6. The topological polar surface area (TPSA) is 27.6 Å². The summed E-state index contributed by atoms with van der Waals surface area (Å²) in [4.78, 5) is 6.74. The average Bonchev–Trinajstić information content (AvgIpc) is 2.11. The van der Waals surface area contributed by atoms with Gasteiger partial charge in [0.05, 0.1) is 0 Å². The van der Waals surface area contributed by atoms with E-state index in [0.29, 0.717) is 12.1 Å². The van der Waals surface area contributed by atoms with E-state index in [2.05, 4.69) is 62.6 Å². The third-order valence-electron chi connectivity index (χ3n) is 1.81. The average molecular weight is 231 g/mol. The molecule has 0 atom stereocenters. The van der Waals surface area contributed by atoms with Gasteiger partial charge in [-0.15, -0.1) is 0 Å². The molecular weight excluding hydrogens is 206 g/mol. The summed E-state index contributed by atoms with van der Waals surface area (Å²) in [6, 6.07) is 0.741. The molecule has 0 rings (SSSR count). The van der Waals surface area contributed by atoms with Crippen molar-refractivity contribution in [2.45, 2.75) is 46.2 Å². The minimum absolute atomic E-state index is 0.324. The van der Waals surface area contributed by atoms with Gasteiger partial charge in [-0.25, -0.2) is 0 Å². The van der Waals surface area contributed by atoms with E-state index in [1.54, 1.807) is 0 Å². The molecule has 0 aromatic heterocycles. The molecule has 0 heterocycles. The van der Waals surface area contributed by atoms with Crippen LogP contribution in [0.5, 0.6) is 0 Å². The van der Waals surface area contributed by atoms with Gasteiger partial charge in [0.25, 0.3) is 0 Å². The Hall–Kier alpha value is -0.380. The summed E-state index contributed by atoms with van der Waals surface area (Å²) in [5, 5.41) is 3.37. The second-order valence-corrected chi connectivity index (χ2v) is 4.79. The lowest BCUT2D eigenvalue weighted by Gasteiger charge is -2.24. The fourth-order valence-corrected chi connectivity index (χ4v) is 1.30. The highest BCUT2D eigenvalue weighted by atomic mass is 32.1. The minimum atomic E-state index is 0.324. The van der Waals surface area contributed by atoms with Gasteiger partial charge < -0.3 is 10.2 Å². The van der Waals surface area contributed by atoms with Crippen molar-refractivity contribution in [3.05, 3.63) is 0 Å². The molecule has 0 aliphatic heterocycles. The molecule has 90 valence electrons. The maximum absolute atomic E-state index is 4.58. The summed E-state index contributed by atoms with van der Waals surface area (Å²) in [5.74, 6) is 1.91. The second-order valence-electron chi connectivity index (χ2n) is 4.34. The van der Waals surface area contributed by atoms with E-state index in [-0.39, 0.29) is 0 Å². The summed E-state index contributed by atoms with van der Waals surface area (Å²) >= 11 is 4.22. The van der Waals surface area contributed by atoms with E-state index in [4.69, 9.17) is 0 Å². The number of thiol groups is 1. The van der Waals surface area contributed by atoms with Crippen molar-refractivity contribution in [2.75, 3.05) is 19.3 Å². The first-order valence-electron chi connectivity index (χ1n) is 5.63. The molecule has 0 aromatic rings. The molecule has 3 nitrogen and oxygen atoms in total. The molecular formula is C11H25N3S. The SMILES string of the molecule is CC(C)/N=C(\NC(C)C)N(C)CCCS. The predicted molar refractivity (Wildman–Crippen MR) is 71.9 cm³/mol. The predicted octanol–water partition coefficient (Wildman–Crippen LogP) is 2.00. The van der Waals surface area contributed by atoms with E-state index in [0.717, 1.165) is 24.7 Å². The molecule has 4 heteroatoms. The molecule has 1 N–H and O–H groups in total. The Labute approximate surface area is 99.7 Å². The maximum Gasteiger partial charge on any atom is 0.194 e. The third kappa shape index (κ3) is 7.54. The minimum Gasteiger partial charge on any atom is -0.354 e. The molecule has 0 aliphatic carbocycles. The molecule has 0 aromatic carbocycles. The Morgan fingerprint density at radius 3 is 2.33 bits per heavy atom. The van der Waals surface area contributed by atoms with Gasteiger partial charge in [0.2, 0.25) is 0 Å². The third-order valence-corrected chi connectivity index (χ3v) is 2.13. The lowest BCUT2D eigenvalue weighted by Crippen LogP contribution is -2.43. The van der Waals surface area contributed by atoms with Crippen LogP contribution in [0.4, 0.5) is 0 Å². The van der Waals surface area contributed by atoms with Crippen molar-refractivity contribution in [1.82, 2.24) is 10.2 Å². The highest BCUT2D eigenvalue weighted by Gasteiger charge is 2.07. The Morgan fingerprint density at radius 2 is 1.93 bits per heavy atom. The molecule has 0 aliphatic rings. The first-order chi connectivity index (χ1) is 6.97. The molecule has 0 saturated carbocycles. The van der Waals surface area contributed by atoms with Crippen LogP contribution >= 0.6 is 12.6 Å². The highest BCUT2D eigenvalue weighted by Crippen LogP contribution is 1.96. The number of hydrogen-bond acceptors (Lipinski definition) is 2. The molecule has 0 fully saturated rings. The first-order valence-corrected chi connectivity index (χ1v) is 6.27. The molecule has 0 radical (unpaired) electrons. The fourth-order valence-electron chi connectivity index (χ4n) is 1.16. The second kappa shape index (κ2) is 7.85. The van der Waals surface area contributed by atoms with Gasteiger partial charge in [-0.2, -0.15) is 12.6 Å². The molecule has 0 saturated heterocycles. The summed E-state index contributed by atoms with van der Waals surface area (Å²) in [6.07, 6.45) is 1.08. The Morgan fingerprint density at radius 1 is 1.33 bits per heavy atom. The van der Waals surface area contributed by atoms with E-state index in [1.807, 2.05) is 0 Å². The lowest BCUT2D eigenvalue weighted by atomic mass is 10.4. The van der Waals surface area contributed by atoms with Gasteiger partial charge in [0, 0.05) is 25.7 Å². The van der Waals surface area contributed by atoms with Crippen LogP contribution in [0.25, 0.3) is 0 Å². The van der Waals surface area contributed by atoms with Crippen LogP contribution in [0, 0.1) is 0 Å². The van der Waals surface area contributed by atoms with Crippen LogP contribution in [0.3, 0.4) is 0 Å². The van der Waals surface area contributed by atoms with E-state index in [1.165, 1.54) is 0 Å². The van der Waals surface area contributed by atoms with Crippen molar-refractivity contribution in [3.8, 4) is 0 Å². The monoisotopic (exact) mass is 231 g/mol. The Kier molecular flexibility index (Phi) is 7.65. The number of nitrogens with one attached hydrogen (secondary N) is 1. The quantitative estimate of drug-likeness (QED) is 0.430. The van der Waals surface area contributed by atoms with Crippen LogP contribution in [0.1, 0.15) is 34.1 Å². The van der Waals surface area contributed by atoms with Gasteiger partial charge >= 0.3 is 0 Å². The zero-order valence-corrected chi connectivity index (χ0v) is 11.5. The maximum atomic E-state index is 4.58. The van der Waals surface area contributed by atoms with Crippen molar-refractivity contribution in [2.24, 2.45) is 4.99 Å². The van der Waals surface area contributed by atoms with E-state index >= 15 is 0 Å². The number of aliphatic imine (C=N–C) groups is 1. The normalized spacial score (nSPS) is 12.4. The number of hydrogen-bond donors (Lipinski definition) is 2. The van der Waals surface area contributed by atoms with Crippen molar-refractivity contribution >= 4 is 18.6 Å². The number of nitrogens with zero attached hydrogens (tertiary/aromatic N) is 2. The van der Waals surface area contributed by atoms with Crippen molar-refractivity contribution in [1.29, 1.82) is 0 Å². The van der Waals surface area contributed by atoms with E-state index in [9.17, 15) is 0 Å². The highest BCUT2D eigenvalue weighted by molar-refractivity contribution is 7.80. The zero-order chi connectivity index (χ0) is 11.8. The van der Waals surface area contributed by atoms with Gasteiger partial charge in [0.15, 0.2) is 5.96 Å². The lowest BCUT2D eigenvalue weighted by molar-refractivity contribution is 0.467. The van der Waals surface area contributed by atoms with Gasteiger partial charge in [-0.3, -0.25) is 4.99 Å². The Balaban J connectivity index is 4.34. The molecule has 0 bridgehead atoms. The smallest absolute Gasteiger partial charge is 0.194 e. The van der Waals surface area contributed by atoms with Crippen LogP contribution in [-0.4, -0.2) is 42.3 Å². The zero-order valence-electron chi connectivity index (χ0n) is 10.6. The fraction of sp³-hybridized carbons (Fsp3) is 0.909. The standard InChI is InChI=1S/C11H25N3S/c1-9(2)12-11(13-10(3)4)14(5)7-6-8-15/h9-10,15H,6-8H2,1-5H3,(H,12,13). The van der Waals surface area contributed by atoms with Crippen LogP contribution in [-0.2, 0) is 0 Å². The van der Waals surface area contributed by atoms with E-state index < -0.39 is 0 Å².